The van der Waals surface area contributed by atoms with Crippen LogP contribution >= 0.6 is 0 Å². The van der Waals surface area contributed by atoms with E-state index in [0.29, 0.717) is 5.88 Å². The zero-order chi connectivity index (χ0) is 36.7. The van der Waals surface area contributed by atoms with Crippen molar-refractivity contribution in [3.63, 3.8) is 0 Å². The number of rotatable bonds is 3. The molecule has 3 heterocycles. The Bertz CT molecular complexity index is 3470. The van der Waals surface area contributed by atoms with Gasteiger partial charge in [0.1, 0.15) is 16.7 Å². The molecule has 0 aliphatic carbocycles. The van der Waals surface area contributed by atoms with Gasteiger partial charge in [0.2, 0.25) is 5.88 Å². The fraction of sp³-hybridized carbons (Fsp3) is 0.0377. The third kappa shape index (κ3) is 4.67. The molecule has 0 amide bonds. The first-order valence-corrected chi connectivity index (χ1v) is 19.3. The molecule has 0 radical (unpaired) electrons. The molecule has 9 aromatic carbocycles. The van der Waals surface area contributed by atoms with Gasteiger partial charge in [-0.25, -0.2) is 4.99 Å². The summed E-state index contributed by atoms with van der Waals surface area (Å²) in [7, 11) is 0. The van der Waals surface area contributed by atoms with Crippen molar-refractivity contribution < 1.29 is 8.83 Å². The lowest BCUT2D eigenvalue weighted by Crippen LogP contribution is -2.08. The predicted octanol–water partition coefficient (Wildman–Crippen LogP) is 14.8. The van der Waals surface area contributed by atoms with Crippen LogP contribution < -0.4 is 0 Å². The van der Waals surface area contributed by atoms with E-state index >= 15 is 0 Å². The van der Waals surface area contributed by atoms with Gasteiger partial charge in [-0.15, -0.1) is 0 Å². The van der Waals surface area contributed by atoms with E-state index in [9.17, 15) is 0 Å². The fourth-order valence-electron chi connectivity index (χ4n) is 9.19. The van der Waals surface area contributed by atoms with E-state index in [-0.39, 0.29) is 0 Å². The minimum absolute atomic E-state index is 0.667. The van der Waals surface area contributed by atoms with Gasteiger partial charge >= 0.3 is 0 Å². The van der Waals surface area contributed by atoms with Crippen LogP contribution in [0.3, 0.4) is 0 Å². The zero-order valence-electron chi connectivity index (χ0n) is 30.4. The zero-order valence-corrected chi connectivity index (χ0v) is 30.4. The maximum atomic E-state index is 7.16. The maximum Gasteiger partial charge on any atom is 0.223 e. The van der Waals surface area contributed by atoms with E-state index in [1.165, 1.54) is 27.1 Å². The third-order valence-corrected chi connectivity index (χ3v) is 11.7. The molecule has 0 saturated heterocycles. The lowest BCUT2D eigenvalue weighted by atomic mass is 9.85. The molecule has 56 heavy (non-hydrogen) atoms. The van der Waals surface area contributed by atoms with Crippen LogP contribution in [-0.4, -0.2) is 5.71 Å². The van der Waals surface area contributed by atoms with Crippen molar-refractivity contribution in [3.8, 4) is 11.1 Å². The molecular weight excluding hydrogens is 683 g/mol. The van der Waals surface area contributed by atoms with Crippen LogP contribution in [0.25, 0.3) is 92.7 Å². The second-order valence-corrected chi connectivity index (χ2v) is 14.9. The number of hydrogen-bond acceptors (Lipinski definition) is 3. The van der Waals surface area contributed by atoms with Crippen LogP contribution in [0.1, 0.15) is 23.1 Å². The molecule has 262 valence electrons. The third-order valence-electron chi connectivity index (χ3n) is 11.7. The summed E-state index contributed by atoms with van der Waals surface area (Å²) in [5.41, 5.74) is 10.2. The summed E-state index contributed by atoms with van der Waals surface area (Å²) in [5, 5.41) is 12.6. The Kier molecular flexibility index (Phi) is 6.75. The first kappa shape index (κ1) is 31.2. The highest BCUT2D eigenvalue weighted by molar-refractivity contribution is 6.43. The molecule has 0 atom stereocenters. The number of allylic oxidation sites excluding steroid dienone is 2. The number of aryl methyl sites for hydroxylation is 1. The van der Waals surface area contributed by atoms with Crippen LogP contribution in [0.4, 0.5) is 5.88 Å². The normalized spacial score (nSPS) is 13.4. The fourth-order valence-corrected chi connectivity index (χ4v) is 9.19. The molecule has 1 aliphatic rings. The van der Waals surface area contributed by atoms with Crippen molar-refractivity contribution in [3.05, 3.63) is 193 Å². The molecule has 11 aromatic rings. The second kappa shape index (κ2) is 12.1. The summed E-state index contributed by atoms with van der Waals surface area (Å²) in [5.74, 6) is 0.667. The standard InChI is InChI=1S/C53H33NO2/c1-2-14-32(15-3-1)33-19-12-20-36(28-33)39-25-13-26-43-40-22-10-11-27-46(40)56-53(43)54-51(39)45-30-37-18-6-7-21-38(37)48-41-23-8-9-24-42(41)49-44-29-34-16-4-5-17-35(34)31-47(44)55-52(49)50(45)48/h1-12,14-25,27-31H,13,26H2. The highest BCUT2D eigenvalue weighted by Gasteiger charge is 2.27. The van der Waals surface area contributed by atoms with Crippen molar-refractivity contribution in [1.82, 2.24) is 0 Å². The average molecular weight is 716 g/mol. The van der Waals surface area contributed by atoms with Gasteiger partial charge in [-0.2, -0.15) is 0 Å². The first-order chi connectivity index (χ1) is 27.8. The number of hydrogen-bond donors (Lipinski definition) is 0. The quantitative estimate of drug-likeness (QED) is 0.171. The van der Waals surface area contributed by atoms with Crippen molar-refractivity contribution in [2.45, 2.75) is 12.8 Å². The lowest BCUT2D eigenvalue weighted by molar-refractivity contribution is 0.620. The molecule has 3 nitrogen and oxygen atoms in total. The number of benzene rings is 9. The number of para-hydroxylation sites is 1. The molecule has 0 saturated carbocycles. The second-order valence-electron chi connectivity index (χ2n) is 14.9. The first-order valence-electron chi connectivity index (χ1n) is 19.3. The van der Waals surface area contributed by atoms with E-state index < -0.39 is 0 Å². The summed E-state index contributed by atoms with van der Waals surface area (Å²) in [6.45, 7) is 0. The van der Waals surface area contributed by atoms with Crippen molar-refractivity contribution in [2.75, 3.05) is 0 Å². The topological polar surface area (TPSA) is 38.6 Å². The molecule has 0 bridgehead atoms. The Morgan fingerprint density at radius 3 is 1.93 bits per heavy atom. The number of fused-ring (bicyclic) bond motifs is 14. The van der Waals surface area contributed by atoms with Crippen LogP contribution in [0.15, 0.2) is 190 Å². The van der Waals surface area contributed by atoms with E-state index in [2.05, 4.69) is 164 Å². The number of furan rings is 2. The van der Waals surface area contributed by atoms with E-state index in [1.54, 1.807) is 0 Å². The molecule has 0 fully saturated rings. The van der Waals surface area contributed by atoms with E-state index in [0.717, 1.165) is 101 Å². The summed E-state index contributed by atoms with van der Waals surface area (Å²) in [6.07, 6.45) is 4.05. The molecule has 2 aromatic heterocycles. The Balaban J connectivity index is 1.25. The SMILES string of the molecule is C1=C(c2cccc(-c3ccccc3)c2)C(c2cc3ccccc3c3c4ccccc4c4c5cc6ccccc6cc5oc4c23)=Nc2oc3ccccc3c2CC1. The van der Waals surface area contributed by atoms with Crippen LogP contribution in [-0.2, 0) is 6.42 Å². The molecule has 0 unspecified atom stereocenters. The van der Waals surface area contributed by atoms with Gasteiger partial charge in [0.05, 0.1) is 5.71 Å². The van der Waals surface area contributed by atoms with Gasteiger partial charge in [0, 0.05) is 43.6 Å². The van der Waals surface area contributed by atoms with Crippen molar-refractivity contribution in [1.29, 1.82) is 0 Å². The van der Waals surface area contributed by atoms with E-state index in [4.69, 9.17) is 13.8 Å². The average Bonchev–Trinajstić information content (AvgIpc) is 3.79. The van der Waals surface area contributed by atoms with Gasteiger partial charge in [0.15, 0.2) is 0 Å². The summed E-state index contributed by atoms with van der Waals surface area (Å²) in [6, 6.07) is 60.7. The summed E-state index contributed by atoms with van der Waals surface area (Å²) < 4.78 is 13.8. The van der Waals surface area contributed by atoms with Crippen LogP contribution in [0.5, 0.6) is 0 Å². The Morgan fingerprint density at radius 1 is 0.429 bits per heavy atom. The molecule has 12 rings (SSSR count). The Labute approximate surface area is 322 Å². The van der Waals surface area contributed by atoms with Crippen LogP contribution in [0, 0.1) is 0 Å². The monoisotopic (exact) mass is 715 g/mol. The molecule has 0 spiro atoms. The van der Waals surface area contributed by atoms with Gasteiger partial charge in [0.25, 0.3) is 0 Å². The van der Waals surface area contributed by atoms with Gasteiger partial charge in [-0.3, -0.25) is 0 Å². The molecular formula is C53H33NO2. The number of nitrogens with zero attached hydrogens (tertiary/aromatic N) is 1. The maximum absolute atomic E-state index is 7.16. The summed E-state index contributed by atoms with van der Waals surface area (Å²) >= 11 is 0. The van der Waals surface area contributed by atoms with E-state index in [1.807, 2.05) is 12.1 Å². The van der Waals surface area contributed by atoms with Gasteiger partial charge in [-0.1, -0.05) is 146 Å². The Hall–Kier alpha value is -7.23. The highest BCUT2D eigenvalue weighted by Crippen LogP contribution is 2.47. The van der Waals surface area contributed by atoms with Crippen molar-refractivity contribution >= 4 is 93.2 Å². The minimum Gasteiger partial charge on any atom is -0.455 e. The molecule has 3 heteroatoms. The minimum atomic E-state index is 0.667. The highest BCUT2D eigenvalue weighted by atomic mass is 16.3. The van der Waals surface area contributed by atoms with Crippen molar-refractivity contribution in [2.24, 2.45) is 4.99 Å². The predicted molar refractivity (Wildman–Crippen MR) is 234 cm³/mol. The summed E-state index contributed by atoms with van der Waals surface area (Å²) in [4.78, 5) is 5.65. The van der Waals surface area contributed by atoms with Gasteiger partial charge < -0.3 is 8.83 Å². The number of aliphatic imine (C=N–C) groups is 1. The van der Waals surface area contributed by atoms with Crippen LogP contribution in [0.2, 0.25) is 0 Å². The van der Waals surface area contributed by atoms with Gasteiger partial charge in [-0.05, 0) is 92.2 Å². The Morgan fingerprint density at radius 2 is 1.09 bits per heavy atom. The largest absolute Gasteiger partial charge is 0.455 e. The lowest BCUT2D eigenvalue weighted by Gasteiger charge is -2.19. The smallest absolute Gasteiger partial charge is 0.223 e. The molecule has 1 aliphatic heterocycles. The molecule has 0 N–H and O–H groups in total.